The largest absolute Gasteiger partial charge is 0.488 e. The van der Waals surface area contributed by atoms with Gasteiger partial charge in [0.1, 0.15) is 17.7 Å². The van der Waals surface area contributed by atoms with Gasteiger partial charge in [-0.3, -0.25) is 0 Å². The Hall–Kier alpha value is -2.34. The van der Waals surface area contributed by atoms with Crippen molar-refractivity contribution in [3.8, 4) is 5.75 Å². The van der Waals surface area contributed by atoms with Crippen molar-refractivity contribution in [1.29, 1.82) is 0 Å². The molecule has 1 saturated heterocycles. The second-order valence-electron chi connectivity index (χ2n) is 6.87. The molecular weight excluding hydrogens is 316 g/mol. The average molecular weight is 340 g/mol. The number of rotatable bonds is 4. The summed E-state index contributed by atoms with van der Waals surface area (Å²) >= 11 is 0. The van der Waals surface area contributed by atoms with Crippen LogP contribution in [0.2, 0.25) is 0 Å². The molecule has 132 valence electrons. The first kappa shape index (κ1) is 16.1. The quantitative estimate of drug-likeness (QED) is 0.917. The SMILES string of the molecule is CN(C[C@@H]1Cc2ccccc2O1)c1nccc(N2CCC(O)CC2)n1. The number of para-hydroxylation sites is 1. The maximum atomic E-state index is 9.67. The van der Waals surface area contributed by atoms with E-state index < -0.39 is 0 Å². The minimum atomic E-state index is -0.179. The Bertz CT molecular complexity index is 706. The molecule has 1 atom stereocenters. The number of aliphatic hydroxyl groups excluding tert-OH is 1. The molecule has 0 radical (unpaired) electrons. The summed E-state index contributed by atoms with van der Waals surface area (Å²) in [7, 11) is 2.01. The predicted molar refractivity (Wildman–Crippen MR) is 97.3 cm³/mol. The Labute approximate surface area is 148 Å². The highest BCUT2D eigenvalue weighted by Gasteiger charge is 2.25. The fourth-order valence-corrected chi connectivity index (χ4v) is 3.54. The zero-order valence-corrected chi connectivity index (χ0v) is 14.5. The first-order chi connectivity index (χ1) is 12.2. The lowest BCUT2D eigenvalue weighted by atomic mass is 10.1. The standard InChI is InChI=1S/C19H24N4O2/c1-22(13-16-12-14-4-2-3-5-17(14)25-16)19-20-9-6-18(21-19)23-10-7-15(24)8-11-23/h2-6,9,15-16,24H,7-8,10-13H2,1H3/t16-/m0/s1. The van der Waals surface area contributed by atoms with Crippen LogP contribution < -0.4 is 14.5 Å². The number of ether oxygens (including phenoxy) is 1. The molecule has 2 aromatic rings. The molecule has 1 aromatic heterocycles. The molecule has 0 amide bonds. The number of piperidine rings is 1. The molecule has 6 heteroatoms. The minimum Gasteiger partial charge on any atom is -0.488 e. The van der Waals surface area contributed by atoms with Gasteiger partial charge in [-0.15, -0.1) is 0 Å². The monoisotopic (exact) mass is 340 g/mol. The lowest BCUT2D eigenvalue weighted by Gasteiger charge is -2.31. The van der Waals surface area contributed by atoms with E-state index in [0.717, 1.165) is 50.5 Å². The van der Waals surface area contributed by atoms with Gasteiger partial charge in [-0.25, -0.2) is 4.98 Å². The molecule has 0 saturated carbocycles. The number of aromatic nitrogens is 2. The van der Waals surface area contributed by atoms with Crippen LogP contribution >= 0.6 is 0 Å². The molecule has 1 aromatic carbocycles. The lowest BCUT2D eigenvalue weighted by Crippen LogP contribution is -2.37. The second kappa shape index (κ2) is 6.88. The molecule has 2 aliphatic rings. The van der Waals surface area contributed by atoms with Crippen LogP contribution in [0.1, 0.15) is 18.4 Å². The van der Waals surface area contributed by atoms with E-state index in [9.17, 15) is 5.11 Å². The molecule has 4 rings (SSSR count). The first-order valence-electron chi connectivity index (χ1n) is 8.91. The van der Waals surface area contributed by atoms with Crippen molar-refractivity contribution in [2.75, 3.05) is 36.5 Å². The molecule has 3 heterocycles. The van der Waals surface area contributed by atoms with Crippen LogP contribution in [0.3, 0.4) is 0 Å². The van der Waals surface area contributed by atoms with Crippen molar-refractivity contribution in [3.05, 3.63) is 42.1 Å². The van der Waals surface area contributed by atoms with Gasteiger partial charge in [0.15, 0.2) is 0 Å². The van der Waals surface area contributed by atoms with Crippen LogP contribution in [0, 0.1) is 0 Å². The Morgan fingerprint density at radius 1 is 1.24 bits per heavy atom. The van der Waals surface area contributed by atoms with Gasteiger partial charge >= 0.3 is 0 Å². The highest BCUT2D eigenvalue weighted by Crippen LogP contribution is 2.29. The van der Waals surface area contributed by atoms with Crippen molar-refractivity contribution in [2.24, 2.45) is 0 Å². The van der Waals surface area contributed by atoms with Gasteiger partial charge in [-0.05, 0) is 30.5 Å². The maximum Gasteiger partial charge on any atom is 0.227 e. The molecule has 0 aliphatic carbocycles. The number of fused-ring (bicyclic) bond motifs is 1. The molecular formula is C19H24N4O2. The number of hydrogen-bond acceptors (Lipinski definition) is 6. The summed E-state index contributed by atoms with van der Waals surface area (Å²) in [5.41, 5.74) is 1.27. The van der Waals surface area contributed by atoms with E-state index in [1.807, 2.05) is 31.4 Å². The summed E-state index contributed by atoms with van der Waals surface area (Å²) in [6.45, 7) is 2.42. The summed E-state index contributed by atoms with van der Waals surface area (Å²) in [5.74, 6) is 2.63. The number of aliphatic hydroxyl groups is 1. The van der Waals surface area contributed by atoms with E-state index in [0.29, 0.717) is 5.95 Å². The molecule has 0 spiro atoms. The lowest BCUT2D eigenvalue weighted by molar-refractivity contribution is 0.145. The van der Waals surface area contributed by atoms with Crippen LogP contribution in [0.5, 0.6) is 5.75 Å². The fraction of sp³-hybridized carbons (Fsp3) is 0.474. The van der Waals surface area contributed by atoms with Crippen LogP contribution in [0.25, 0.3) is 0 Å². The second-order valence-corrected chi connectivity index (χ2v) is 6.87. The molecule has 2 aliphatic heterocycles. The van der Waals surface area contributed by atoms with E-state index >= 15 is 0 Å². The predicted octanol–water partition coefficient (Wildman–Crippen LogP) is 1.88. The van der Waals surface area contributed by atoms with Gasteiger partial charge < -0.3 is 19.6 Å². The zero-order chi connectivity index (χ0) is 17.2. The molecule has 0 bridgehead atoms. The van der Waals surface area contributed by atoms with Crippen molar-refractivity contribution >= 4 is 11.8 Å². The highest BCUT2D eigenvalue weighted by molar-refractivity contribution is 5.44. The average Bonchev–Trinajstić information content (AvgIpc) is 3.04. The van der Waals surface area contributed by atoms with Gasteiger partial charge in [0.2, 0.25) is 5.95 Å². The van der Waals surface area contributed by atoms with Gasteiger partial charge in [0.05, 0.1) is 12.6 Å². The van der Waals surface area contributed by atoms with Gasteiger partial charge in [0.25, 0.3) is 0 Å². The Morgan fingerprint density at radius 2 is 2.04 bits per heavy atom. The summed E-state index contributed by atoms with van der Waals surface area (Å²) in [6, 6.07) is 10.1. The highest BCUT2D eigenvalue weighted by atomic mass is 16.5. The van der Waals surface area contributed by atoms with Gasteiger partial charge in [-0.2, -0.15) is 4.98 Å². The van der Waals surface area contributed by atoms with Crippen LogP contribution in [-0.2, 0) is 6.42 Å². The number of benzene rings is 1. The fourth-order valence-electron chi connectivity index (χ4n) is 3.54. The summed E-state index contributed by atoms with van der Waals surface area (Å²) in [4.78, 5) is 13.4. The van der Waals surface area contributed by atoms with E-state index in [-0.39, 0.29) is 12.2 Å². The third-order valence-electron chi connectivity index (χ3n) is 4.95. The summed E-state index contributed by atoms with van der Waals surface area (Å²) in [5, 5.41) is 9.67. The van der Waals surface area contributed by atoms with Crippen LogP contribution in [-0.4, -0.2) is 54.0 Å². The molecule has 0 unspecified atom stereocenters. The zero-order valence-electron chi connectivity index (χ0n) is 14.5. The van der Waals surface area contributed by atoms with E-state index in [2.05, 4.69) is 26.9 Å². The van der Waals surface area contributed by atoms with Crippen molar-refractivity contribution in [2.45, 2.75) is 31.5 Å². The summed E-state index contributed by atoms with van der Waals surface area (Å²) < 4.78 is 6.02. The Morgan fingerprint density at radius 3 is 2.84 bits per heavy atom. The molecule has 1 fully saturated rings. The third-order valence-corrected chi connectivity index (χ3v) is 4.95. The minimum absolute atomic E-state index is 0.125. The third kappa shape index (κ3) is 3.54. The summed E-state index contributed by atoms with van der Waals surface area (Å²) in [6.07, 6.45) is 4.27. The van der Waals surface area contributed by atoms with Crippen molar-refractivity contribution in [3.63, 3.8) is 0 Å². The normalized spacial score (nSPS) is 20.2. The molecule has 1 N–H and O–H groups in total. The van der Waals surface area contributed by atoms with Crippen molar-refractivity contribution < 1.29 is 9.84 Å². The van der Waals surface area contributed by atoms with Gasteiger partial charge in [-0.1, -0.05) is 18.2 Å². The van der Waals surface area contributed by atoms with Crippen molar-refractivity contribution in [1.82, 2.24) is 9.97 Å². The number of hydrogen-bond donors (Lipinski definition) is 1. The number of likely N-dealkylation sites (N-methyl/N-ethyl adjacent to an activating group) is 1. The molecule has 25 heavy (non-hydrogen) atoms. The van der Waals surface area contributed by atoms with E-state index in [1.54, 1.807) is 0 Å². The Balaban J connectivity index is 1.41. The molecule has 6 nitrogen and oxygen atoms in total. The Kier molecular flexibility index (Phi) is 4.44. The van der Waals surface area contributed by atoms with Gasteiger partial charge in [0, 0.05) is 32.8 Å². The van der Waals surface area contributed by atoms with Crippen LogP contribution in [0.4, 0.5) is 11.8 Å². The number of nitrogens with zero attached hydrogens (tertiary/aromatic N) is 4. The first-order valence-corrected chi connectivity index (χ1v) is 8.91. The smallest absolute Gasteiger partial charge is 0.227 e. The van der Waals surface area contributed by atoms with Crippen LogP contribution in [0.15, 0.2) is 36.5 Å². The maximum absolute atomic E-state index is 9.67. The van der Waals surface area contributed by atoms with E-state index in [1.165, 1.54) is 5.56 Å². The topological polar surface area (TPSA) is 61.7 Å². The van der Waals surface area contributed by atoms with E-state index in [4.69, 9.17) is 9.72 Å². The number of anilines is 2.